The van der Waals surface area contributed by atoms with Crippen LogP contribution < -0.4 is 4.74 Å². The lowest BCUT2D eigenvalue weighted by Gasteiger charge is -2.10. The average molecular weight is 216 g/mol. The number of carbonyl (C=O) groups is 1. The number of ether oxygens (including phenoxy) is 1. The van der Waals surface area contributed by atoms with E-state index in [2.05, 4.69) is 4.74 Å². The van der Waals surface area contributed by atoms with Gasteiger partial charge in [0.05, 0.1) is 7.11 Å². The van der Waals surface area contributed by atoms with Crippen molar-refractivity contribution in [1.82, 2.24) is 0 Å². The second-order valence-corrected chi connectivity index (χ2v) is 2.79. The Balaban J connectivity index is 3.21. The third-order valence-electron chi connectivity index (χ3n) is 1.83. The maximum atomic E-state index is 13.2. The van der Waals surface area contributed by atoms with Crippen LogP contribution in [0.15, 0.2) is 12.1 Å². The number of hydrogen-bond acceptors (Lipinski definition) is 4. The van der Waals surface area contributed by atoms with Crippen LogP contribution in [0.1, 0.15) is 11.7 Å². The van der Waals surface area contributed by atoms with Crippen molar-refractivity contribution >= 4 is 5.97 Å². The number of aliphatic hydroxyl groups is 1. The smallest absolute Gasteiger partial charge is 0.337 e. The van der Waals surface area contributed by atoms with Crippen LogP contribution in [0.2, 0.25) is 0 Å². The number of rotatable bonds is 3. The molecule has 1 rings (SSSR count). The van der Waals surface area contributed by atoms with Gasteiger partial charge in [-0.15, -0.1) is 0 Å². The van der Waals surface area contributed by atoms with Gasteiger partial charge >= 0.3 is 5.97 Å². The molecule has 0 heterocycles. The first-order valence-corrected chi connectivity index (χ1v) is 3.94. The molecule has 1 unspecified atom stereocenters. The van der Waals surface area contributed by atoms with Crippen molar-refractivity contribution in [3.05, 3.63) is 23.5 Å². The maximum Gasteiger partial charge on any atom is 0.337 e. The first-order valence-electron chi connectivity index (χ1n) is 3.94. The molecule has 0 spiro atoms. The highest BCUT2D eigenvalue weighted by Crippen LogP contribution is 2.31. The fraction of sp³-hybridized carbons (Fsp3) is 0.222. The largest absolute Gasteiger partial charge is 0.504 e. The minimum atomic E-state index is -2.01. The molecule has 6 heteroatoms. The summed E-state index contributed by atoms with van der Waals surface area (Å²) in [6.07, 6.45) is -2.01. The molecule has 0 aliphatic rings. The van der Waals surface area contributed by atoms with Gasteiger partial charge in [-0.1, -0.05) is 0 Å². The molecule has 0 saturated carbocycles. The Morgan fingerprint density at radius 3 is 2.60 bits per heavy atom. The molecule has 1 atom stereocenters. The predicted octanol–water partition coefficient (Wildman–Crippen LogP) is 0.658. The van der Waals surface area contributed by atoms with Gasteiger partial charge in [0.2, 0.25) is 0 Å². The molecule has 0 aromatic heterocycles. The summed E-state index contributed by atoms with van der Waals surface area (Å²) < 4.78 is 17.8. The van der Waals surface area contributed by atoms with Crippen molar-refractivity contribution in [2.45, 2.75) is 6.10 Å². The average Bonchev–Trinajstić information content (AvgIpc) is 2.19. The molecule has 1 aromatic carbocycles. The third-order valence-corrected chi connectivity index (χ3v) is 1.83. The molecule has 15 heavy (non-hydrogen) atoms. The van der Waals surface area contributed by atoms with Crippen molar-refractivity contribution in [2.24, 2.45) is 0 Å². The zero-order valence-corrected chi connectivity index (χ0v) is 7.77. The highest BCUT2D eigenvalue weighted by molar-refractivity contribution is 5.74. The maximum absolute atomic E-state index is 13.2. The highest BCUT2D eigenvalue weighted by Gasteiger charge is 2.22. The number of methoxy groups -OCH3 is 1. The zero-order chi connectivity index (χ0) is 11.6. The standard InChI is InChI=1S/C9H9FO5/c1-15-7-3-5(10)4(2-6(7)11)8(12)9(13)14/h2-3,8,11-12H,1H3,(H,13,14). The van der Waals surface area contributed by atoms with Gasteiger partial charge in [-0.05, 0) is 6.07 Å². The Morgan fingerprint density at radius 1 is 1.53 bits per heavy atom. The molecule has 0 aliphatic carbocycles. The second kappa shape index (κ2) is 4.14. The van der Waals surface area contributed by atoms with E-state index in [9.17, 15) is 14.3 Å². The van der Waals surface area contributed by atoms with Crippen LogP contribution in [0.5, 0.6) is 11.5 Å². The van der Waals surface area contributed by atoms with Crippen LogP contribution in [0.3, 0.4) is 0 Å². The lowest BCUT2D eigenvalue weighted by molar-refractivity contribution is -0.147. The summed E-state index contributed by atoms with van der Waals surface area (Å²) in [4.78, 5) is 10.4. The van der Waals surface area contributed by atoms with E-state index >= 15 is 0 Å². The quantitative estimate of drug-likeness (QED) is 0.690. The monoisotopic (exact) mass is 216 g/mol. The summed E-state index contributed by atoms with van der Waals surface area (Å²) >= 11 is 0. The van der Waals surface area contributed by atoms with Crippen molar-refractivity contribution in [3.8, 4) is 11.5 Å². The molecule has 0 fully saturated rings. The van der Waals surface area contributed by atoms with Crippen molar-refractivity contribution in [2.75, 3.05) is 7.11 Å². The van der Waals surface area contributed by atoms with Gasteiger partial charge in [-0.2, -0.15) is 0 Å². The molecule has 5 nitrogen and oxygen atoms in total. The van der Waals surface area contributed by atoms with Crippen LogP contribution in [0.25, 0.3) is 0 Å². The molecule has 0 radical (unpaired) electrons. The van der Waals surface area contributed by atoms with Gasteiger partial charge in [-0.25, -0.2) is 9.18 Å². The Labute approximate surface area is 84.3 Å². The molecular weight excluding hydrogens is 207 g/mol. The minimum absolute atomic E-state index is 0.131. The fourth-order valence-electron chi connectivity index (χ4n) is 1.07. The van der Waals surface area contributed by atoms with Crippen molar-refractivity contribution in [3.63, 3.8) is 0 Å². The third kappa shape index (κ3) is 2.16. The number of aliphatic hydroxyl groups excluding tert-OH is 1. The number of hydrogen-bond donors (Lipinski definition) is 3. The number of halogens is 1. The summed E-state index contributed by atoms with van der Waals surface area (Å²) in [6, 6.07) is 1.61. The van der Waals surface area contributed by atoms with E-state index in [1.54, 1.807) is 0 Å². The number of carboxylic acids is 1. The first kappa shape index (κ1) is 11.3. The summed E-state index contributed by atoms with van der Waals surface area (Å²) in [6.45, 7) is 0. The van der Waals surface area contributed by atoms with Crippen LogP contribution >= 0.6 is 0 Å². The minimum Gasteiger partial charge on any atom is -0.504 e. The predicted molar refractivity (Wildman–Crippen MR) is 47.2 cm³/mol. The summed E-state index contributed by atoms with van der Waals surface area (Å²) in [5, 5.41) is 26.8. The Morgan fingerprint density at radius 2 is 2.13 bits per heavy atom. The van der Waals surface area contributed by atoms with E-state index in [-0.39, 0.29) is 5.75 Å². The Bertz CT molecular complexity index is 390. The summed E-state index contributed by atoms with van der Waals surface area (Å²) in [5.41, 5.74) is -0.513. The van der Waals surface area contributed by atoms with Crippen LogP contribution in [-0.4, -0.2) is 28.4 Å². The van der Waals surface area contributed by atoms with E-state index < -0.39 is 29.2 Å². The van der Waals surface area contributed by atoms with Crippen LogP contribution in [-0.2, 0) is 4.79 Å². The highest BCUT2D eigenvalue weighted by atomic mass is 19.1. The van der Waals surface area contributed by atoms with Gasteiger partial charge in [0.25, 0.3) is 0 Å². The number of phenolic OH excluding ortho intramolecular Hbond substituents is 1. The fourth-order valence-corrected chi connectivity index (χ4v) is 1.07. The molecule has 0 amide bonds. The lowest BCUT2D eigenvalue weighted by atomic mass is 10.1. The summed E-state index contributed by atoms with van der Waals surface area (Å²) in [5.74, 6) is -3.12. The van der Waals surface area contributed by atoms with Crippen LogP contribution in [0, 0.1) is 5.82 Å². The molecule has 1 aromatic rings. The SMILES string of the molecule is COc1cc(F)c(C(O)C(=O)O)cc1O. The molecule has 0 aliphatic heterocycles. The van der Waals surface area contributed by atoms with Crippen molar-refractivity contribution < 1.29 is 29.2 Å². The molecule has 82 valence electrons. The van der Waals surface area contributed by atoms with E-state index in [0.29, 0.717) is 0 Å². The lowest BCUT2D eigenvalue weighted by Crippen LogP contribution is -2.12. The Hall–Kier alpha value is -1.82. The number of aromatic hydroxyl groups is 1. The molecule has 0 bridgehead atoms. The van der Waals surface area contributed by atoms with Gasteiger partial charge < -0.3 is 20.1 Å². The van der Waals surface area contributed by atoms with Gasteiger partial charge in [0.1, 0.15) is 5.82 Å². The van der Waals surface area contributed by atoms with Gasteiger partial charge in [0.15, 0.2) is 17.6 Å². The zero-order valence-electron chi connectivity index (χ0n) is 7.77. The van der Waals surface area contributed by atoms with E-state index in [1.165, 1.54) is 7.11 Å². The number of carboxylic acid groups (broad SMARTS) is 1. The topological polar surface area (TPSA) is 87.0 Å². The van der Waals surface area contributed by atoms with Crippen molar-refractivity contribution in [1.29, 1.82) is 0 Å². The van der Waals surface area contributed by atoms with Crippen LogP contribution in [0.4, 0.5) is 4.39 Å². The molecule has 0 saturated heterocycles. The number of aliphatic carboxylic acids is 1. The first-order chi connectivity index (χ1) is 6.97. The van der Waals surface area contributed by atoms with Gasteiger partial charge in [-0.3, -0.25) is 0 Å². The van der Waals surface area contributed by atoms with E-state index in [4.69, 9.17) is 10.2 Å². The summed E-state index contributed by atoms with van der Waals surface area (Å²) in [7, 11) is 1.22. The second-order valence-electron chi connectivity index (χ2n) is 2.79. The van der Waals surface area contributed by atoms with E-state index in [0.717, 1.165) is 12.1 Å². The van der Waals surface area contributed by atoms with Gasteiger partial charge in [0, 0.05) is 11.6 Å². The Kier molecular flexibility index (Phi) is 3.11. The number of phenols is 1. The van der Waals surface area contributed by atoms with E-state index in [1.807, 2.05) is 0 Å². The molecular formula is C9H9FO5. The normalized spacial score (nSPS) is 12.2. The molecule has 3 N–H and O–H groups in total. The number of benzene rings is 1.